The van der Waals surface area contributed by atoms with Crippen LogP contribution in [0.25, 0.3) is 11.0 Å². The molecule has 6 N–H and O–H groups in total. The Kier molecular flexibility index (Phi) is 13.2. The Labute approximate surface area is 314 Å². The average Bonchev–Trinajstić information content (AvgIpc) is 3.08. The predicted octanol–water partition coefficient (Wildman–Crippen LogP) is 3.49. The van der Waals surface area contributed by atoms with Gasteiger partial charge >= 0.3 is 5.63 Å². The van der Waals surface area contributed by atoms with Crippen molar-refractivity contribution < 1.29 is 38.3 Å². The molecule has 4 rings (SSSR count). The first-order chi connectivity index (χ1) is 25.3. The zero-order chi connectivity index (χ0) is 40.1. The number of imide groups is 1. The van der Waals surface area contributed by atoms with Crippen LogP contribution in [0.5, 0.6) is 5.75 Å². The number of aryl methyl sites for hydroxylation is 1. The van der Waals surface area contributed by atoms with Gasteiger partial charge in [-0.1, -0.05) is 53.7 Å². The molecule has 0 saturated carbocycles. The van der Waals surface area contributed by atoms with Gasteiger partial charge in [0.2, 0.25) is 17.7 Å². The van der Waals surface area contributed by atoms with E-state index in [1.165, 1.54) is 42.5 Å². The number of nitrogens with two attached hydrogens (primary N) is 1. The van der Waals surface area contributed by atoms with Gasteiger partial charge in [0.05, 0.1) is 6.04 Å². The summed E-state index contributed by atoms with van der Waals surface area (Å²) in [7, 11) is 0. The molecule has 1 aliphatic heterocycles. The van der Waals surface area contributed by atoms with E-state index in [9.17, 15) is 38.7 Å². The minimum atomic E-state index is -2.43. The second kappa shape index (κ2) is 17.2. The maximum Gasteiger partial charge on any atom is 0.336 e. The second-order valence-electron chi connectivity index (χ2n) is 15.3. The second-order valence-corrected chi connectivity index (χ2v) is 15.3. The minimum Gasteiger partial charge on any atom is -0.508 e. The highest BCUT2D eigenvalue weighted by Gasteiger charge is 2.58. The summed E-state index contributed by atoms with van der Waals surface area (Å²) in [6, 6.07) is 8.18. The van der Waals surface area contributed by atoms with Crippen LogP contribution in [0.1, 0.15) is 78.4 Å². The molecular formula is C40H51N5O9. The summed E-state index contributed by atoms with van der Waals surface area (Å²) in [5.41, 5.74) is 4.35. The van der Waals surface area contributed by atoms with Crippen LogP contribution >= 0.6 is 0 Å². The Hall–Kier alpha value is -5.37. The van der Waals surface area contributed by atoms with Gasteiger partial charge in [0.15, 0.2) is 11.3 Å². The number of hydrogen-bond acceptors (Lipinski definition) is 10. The number of amides is 5. The lowest BCUT2D eigenvalue weighted by molar-refractivity contribution is -0.168. The summed E-state index contributed by atoms with van der Waals surface area (Å²) in [4.78, 5) is 97.3. The van der Waals surface area contributed by atoms with Gasteiger partial charge in [-0.3, -0.25) is 33.7 Å². The highest BCUT2D eigenvalue weighted by atomic mass is 16.4. The molecule has 1 fully saturated rings. The Balaban J connectivity index is 1.77. The number of aromatic hydroxyl groups is 1. The van der Waals surface area contributed by atoms with E-state index in [1.54, 1.807) is 26.8 Å². The molecule has 0 bridgehead atoms. The fraction of sp³-hybridized carbons (Fsp3) is 0.475. The molecule has 0 unspecified atom stereocenters. The monoisotopic (exact) mass is 745 g/mol. The number of carbonyl (C=O) groups excluding carboxylic acids is 6. The SMILES string of the molecule is Cc1cc(=O)oc2cc(NC(=O)[C@@]3(Cc4ccc(O)cc4)C(=O)CCC(=O)N3C(=O)[C@@H](NC(=O)[C@H](CC(C)C)NC(=O)[C@@H](N)CC(C)C)C(C)C)ccc12. The molecule has 5 amide bonds. The van der Waals surface area contributed by atoms with Gasteiger partial charge in [-0.05, 0) is 72.9 Å². The molecule has 1 aromatic heterocycles. The first-order valence-electron chi connectivity index (χ1n) is 18.2. The van der Waals surface area contributed by atoms with Gasteiger partial charge in [-0.2, -0.15) is 0 Å². The van der Waals surface area contributed by atoms with E-state index in [-0.39, 0.29) is 48.1 Å². The van der Waals surface area contributed by atoms with Crippen molar-refractivity contribution in [3.05, 3.63) is 70.1 Å². The number of rotatable bonds is 14. The molecule has 0 spiro atoms. The van der Waals surface area contributed by atoms with Crippen LogP contribution in [0.3, 0.4) is 0 Å². The molecule has 2 aromatic carbocycles. The maximum atomic E-state index is 14.8. The number of carbonyl (C=O) groups is 6. The zero-order valence-electron chi connectivity index (χ0n) is 31.9. The highest BCUT2D eigenvalue weighted by Crippen LogP contribution is 2.34. The lowest BCUT2D eigenvalue weighted by atomic mass is 9.78. The number of ketones is 1. The van der Waals surface area contributed by atoms with Crippen molar-refractivity contribution in [3.63, 3.8) is 0 Å². The number of anilines is 1. The van der Waals surface area contributed by atoms with Crippen molar-refractivity contribution in [2.45, 2.75) is 104 Å². The summed E-state index contributed by atoms with van der Waals surface area (Å²) < 4.78 is 5.34. The summed E-state index contributed by atoms with van der Waals surface area (Å²) in [5, 5.41) is 18.7. The molecule has 1 aliphatic rings. The largest absolute Gasteiger partial charge is 0.508 e. The van der Waals surface area contributed by atoms with Crippen LogP contribution in [0.4, 0.5) is 5.69 Å². The summed E-state index contributed by atoms with van der Waals surface area (Å²) >= 11 is 0. The molecule has 1 saturated heterocycles. The van der Waals surface area contributed by atoms with Crippen LogP contribution in [0.2, 0.25) is 0 Å². The Morgan fingerprint density at radius 2 is 1.52 bits per heavy atom. The van der Waals surface area contributed by atoms with Crippen LogP contribution in [0, 0.1) is 24.7 Å². The lowest BCUT2D eigenvalue weighted by Crippen LogP contribution is -2.72. The van der Waals surface area contributed by atoms with Crippen LogP contribution in [-0.2, 0) is 35.2 Å². The van der Waals surface area contributed by atoms with E-state index in [2.05, 4.69) is 16.0 Å². The maximum absolute atomic E-state index is 14.8. The molecule has 290 valence electrons. The van der Waals surface area contributed by atoms with E-state index in [0.29, 0.717) is 27.8 Å². The normalized spacial score (nSPS) is 17.8. The molecule has 3 aromatic rings. The van der Waals surface area contributed by atoms with Gasteiger partial charge in [0.1, 0.15) is 23.4 Å². The number of fused-ring (bicyclic) bond motifs is 1. The molecule has 0 radical (unpaired) electrons. The van der Waals surface area contributed by atoms with Gasteiger partial charge in [-0.25, -0.2) is 4.79 Å². The van der Waals surface area contributed by atoms with Crippen LogP contribution < -0.4 is 27.3 Å². The molecule has 4 atom stereocenters. The zero-order valence-corrected chi connectivity index (χ0v) is 31.9. The first-order valence-corrected chi connectivity index (χ1v) is 18.2. The smallest absolute Gasteiger partial charge is 0.336 e. The predicted molar refractivity (Wildman–Crippen MR) is 202 cm³/mol. The summed E-state index contributed by atoms with van der Waals surface area (Å²) in [5.74, 6) is -5.40. The first kappa shape index (κ1) is 41.4. The number of benzene rings is 2. The molecule has 0 aliphatic carbocycles. The molecule has 14 heteroatoms. The van der Waals surface area contributed by atoms with E-state index in [0.717, 1.165) is 0 Å². The van der Waals surface area contributed by atoms with Crippen molar-refractivity contribution in [1.82, 2.24) is 15.5 Å². The van der Waals surface area contributed by atoms with Crippen LogP contribution in [-0.4, -0.2) is 69.0 Å². The standard InChI is InChI=1S/C40H51N5O9/c1-21(2)16-29(41)36(50)43-30(17-22(3)4)37(51)44-35(23(5)6)38(52)45-33(48)15-14-32(47)40(45,20-25-8-11-27(46)12-9-25)39(53)42-26-10-13-28-24(7)18-34(49)54-31(28)19-26/h8-13,18-19,21-23,29-30,35,46H,14-17,20,41H2,1-7H3,(H,42,53)(H,43,50)(H,44,51)/t29-,30-,35-,40+/m0/s1. The quantitative estimate of drug-likeness (QED) is 0.120. The van der Waals surface area contributed by atoms with E-state index in [1.807, 2.05) is 27.7 Å². The third-order valence-corrected chi connectivity index (χ3v) is 9.49. The topological polar surface area (TPSA) is 218 Å². The van der Waals surface area contributed by atoms with Crippen molar-refractivity contribution in [2.75, 3.05) is 5.32 Å². The summed E-state index contributed by atoms with van der Waals surface area (Å²) in [6.45, 7) is 12.6. The van der Waals surface area contributed by atoms with E-state index >= 15 is 0 Å². The number of nitrogens with zero attached hydrogens (tertiary/aromatic N) is 1. The Bertz CT molecular complexity index is 1970. The highest BCUT2D eigenvalue weighted by molar-refractivity contribution is 6.23. The molecule has 14 nitrogen and oxygen atoms in total. The third kappa shape index (κ3) is 9.40. The number of Topliss-reactive ketones (excluding diaryl/α,β-unsaturated/α-hetero) is 1. The van der Waals surface area contributed by atoms with Crippen molar-refractivity contribution >= 4 is 52.0 Å². The molecular weight excluding hydrogens is 694 g/mol. The van der Waals surface area contributed by atoms with E-state index in [4.69, 9.17) is 10.2 Å². The lowest BCUT2D eigenvalue weighted by Gasteiger charge is -2.44. The number of nitrogens with one attached hydrogen (secondary N) is 3. The number of phenolic OH excluding ortho intramolecular Hbond substituents is 1. The fourth-order valence-electron chi connectivity index (χ4n) is 6.72. The Morgan fingerprint density at radius 3 is 2.13 bits per heavy atom. The summed E-state index contributed by atoms with van der Waals surface area (Å²) in [6.07, 6.45) is -0.565. The van der Waals surface area contributed by atoms with Gasteiger partial charge in [0, 0.05) is 42.5 Å². The van der Waals surface area contributed by atoms with Crippen molar-refractivity contribution in [1.29, 1.82) is 0 Å². The number of likely N-dealkylation sites (tertiary alicyclic amines) is 1. The average molecular weight is 746 g/mol. The van der Waals surface area contributed by atoms with Crippen molar-refractivity contribution in [2.24, 2.45) is 23.5 Å². The van der Waals surface area contributed by atoms with Gasteiger partial charge in [0.25, 0.3) is 11.8 Å². The Morgan fingerprint density at radius 1 is 0.870 bits per heavy atom. The van der Waals surface area contributed by atoms with Gasteiger partial charge in [-0.15, -0.1) is 0 Å². The van der Waals surface area contributed by atoms with Gasteiger partial charge < -0.3 is 31.2 Å². The van der Waals surface area contributed by atoms with Crippen molar-refractivity contribution in [3.8, 4) is 5.75 Å². The van der Waals surface area contributed by atoms with Crippen LogP contribution in [0.15, 0.2) is 57.7 Å². The third-order valence-electron chi connectivity index (χ3n) is 9.49. The molecule has 54 heavy (non-hydrogen) atoms. The number of hydrogen-bond donors (Lipinski definition) is 5. The minimum absolute atomic E-state index is 0.0504. The van der Waals surface area contributed by atoms with E-state index < -0.39 is 76.9 Å². The number of piperidine rings is 1. The molecule has 2 heterocycles. The number of phenols is 1. The fourth-order valence-corrected chi connectivity index (χ4v) is 6.72.